The highest BCUT2D eigenvalue weighted by atomic mass is 16.5. The molecule has 1 aromatic rings. The first-order valence-electron chi connectivity index (χ1n) is 4.89. The Morgan fingerprint density at radius 2 is 2.07 bits per heavy atom. The van der Waals surface area contributed by atoms with Gasteiger partial charge in [0.05, 0.1) is 7.11 Å². The zero-order valence-corrected chi connectivity index (χ0v) is 9.03. The number of hydrogen-bond acceptors (Lipinski definition) is 4. The van der Waals surface area contributed by atoms with Crippen molar-refractivity contribution in [2.24, 2.45) is 5.73 Å². The summed E-state index contributed by atoms with van der Waals surface area (Å²) in [4.78, 5) is 0. The SMILES string of the molecule is COc1c(O)ccc(CCC(C)N)c1O. The van der Waals surface area contributed by atoms with Crippen molar-refractivity contribution in [2.45, 2.75) is 25.8 Å². The fraction of sp³-hybridized carbons (Fsp3) is 0.455. The van der Waals surface area contributed by atoms with Gasteiger partial charge in [0.2, 0.25) is 5.75 Å². The standard InChI is InChI=1S/C11H17NO3/c1-7(12)3-4-8-5-6-9(13)11(15-2)10(8)14/h5-7,13-14H,3-4,12H2,1-2H3. The van der Waals surface area contributed by atoms with E-state index >= 15 is 0 Å². The minimum Gasteiger partial charge on any atom is -0.504 e. The van der Waals surface area contributed by atoms with E-state index in [4.69, 9.17) is 10.5 Å². The average Bonchev–Trinajstić information content (AvgIpc) is 2.17. The molecular weight excluding hydrogens is 194 g/mol. The van der Waals surface area contributed by atoms with Crippen molar-refractivity contribution in [3.05, 3.63) is 17.7 Å². The number of hydrogen-bond donors (Lipinski definition) is 3. The van der Waals surface area contributed by atoms with Crippen LogP contribution in [-0.4, -0.2) is 23.4 Å². The first-order valence-corrected chi connectivity index (χ1v) is 4.89. The summed E-state index contributed by atoms with van der Waals surface area (Å²) < 4.78 is 4.89. The van der Waals surface area contributed by atoms with Crippen molar-refractivity contribution >= 4 is 0 Å². The molecule has 0 spiro atoms. The van der Waals surface area contributed by atoms with Crippen molar-refractivity contribution in [1.29, 1.82) is 0 Å². The van der Waals surface area contributed by atoms with Crippen molar-refractivity contribution in [3.63, 3.8) is 0 Å². The summed E-state index contributed by atoms with van der Waals surface area (Å²) in [5, 5.41) is 19.1. The molecule has 1 rings (SSSR count). The van der Waals surface area contributed by atoms with Crippen LogP contribution in [0.25, 0.3) is 0 Å². The molecule has 1 unspecified atom stereocenters. The quantitative estimate of drug-likeness (QED) is 0.703. The summed E-state index contributed by atoms with van der Waals surface area (Å²) in [6.07, 6.45) is 1.45. The van der Waals surface area contributed by atoms with Gasteiger partial charge in [0.1, 0.15) is 0 Å². The van der Waals surface area contributed by atoms with E-state index in [9.17, 15) is 10.2 Å². The fourth-order valence-corrected chi connectivity index (χ4v) is 1.39. The highest BCUT2D eigenvalue weighted by Gasteiger charge is 2.12. The predicted octanol–water partition coefficient (Wildman–Crippen LogP) is 1.39. The molecule has 84 valence electrons. The Kier molecular flexibility index (Phi) is 3.80. The van der Waals surface area contributed by atoms with E-state index in [0.717, 1.165) is 12.0 Å². The van der Waals surface area contributed by atoms with Gasteiger partial charge in [-0.1, -0.05) is 6.07 Å². The molecule has 0 aliphatic rings. The molecule has 0 heterocycles. The largest absolute Gasteiger partial charge is 0.504 e. The van der Waals surface area contributed by atoms with Gasteiger partial charge in [-0.05, 0) is 31.4 Å². The number of ether oxygens (including phenoxy) is 1. The van der Waals surface area contributed by atoms with Crippen LogP contribution < -0.4 is 10.5 Å². The van der Waals surface area contributed by atoms with Crippen LogP contribution in [0.3, 0.4) is 0 Å². The summed E-state index contributed by atoms with van der Waals surface area (Å²) in [6, 6.07) is 3.27. The number of benzene rings is 1. The van der Waals surface area contributed by atoms with Gasteiger partial charge in [-0.3, -0.25) is 0 Å². The molecule has 0 bridgehead atoms. The second-order valence-corrected chi connectivity index (χ2v) is 3.64. The van der Waals surface area contributed by atoms with Gasteiger partial charge < -0.3 is 20.7 Å². The number of phenols is 2. The molecule has 0 saturated heterocycles. The molecular formula is C11H17NO3. The van der Waals surface area contributed by atoms with E-state index in [1.165, 1.54) is 13.2 Å². The van der Waals surface area contributed by atoms with E-state index < -0.39 is 0 Å². The molecule has 15 heavy (non-hydrogen) atoms. The highest BCUT2D eigenvalue weighted by molar-refractivity contribution is 5.54. The van der Waals surface area contributed by atoms with Crippen LogP contribution in [0.5, 0.6) is 17.2 Å². The summed E-state index contributed by atoms with van der Waals surface area (Å²) in [5.41, 5.74) is 6.37. The molecule has 1 aromatic carbocycles. The molecule has 4 nitrogen and oxygen atoms in total. The molecule has 0 saturated carbocycles. The van der Waals surface area contributed by atoms with Crippen LogP contribution in [0, 0.1) is 0 Å². The van der Waals surface area contributed by atoms with Crippen molar-refractivity contribution in [2.75, 3.05) is 7.11 Å². The number of aromatic hydroxyl groups is 2. The lowest BCUT2D eigenvalue weighted by Crippen LogP contribution is -2.15. The third kappa shape index (κ3) is 2.76. The Bertz CT molecular complexity index is 337. The molecule has 0 radical (unpaired) electrons. The number of aryl methyl sites for hydroxylation is 1. The Morgan fingerprint density at radius 1 is 1.40 bits per heavy atom. The highest BCUT2D eigenvalue weighted by Crippen LogP contribution is 2.38. The first kappa shape index (κ1) is 11.7. The Hall–Kier alpha value is -1.42. The smallest absolute Gasteiger partial charge is 0.203 e. The van der Waals surface area contributed by atoms with Crippen LogP contribution in [-0.2, 0) is 6.42 Å². The van der Waals surface area contributed by atoms with Crippen LogP contribution in [0.4, 0.5) is 0 Å². The third-order valence-electron chi connectivity index (χ3n) is 2.27. The van der Waals surface area contributed by atoms with E-state index in [0.29, 0.717) is 6.42 Å². The third-order valence-corrected chi connectivity index (χ3v) is 2.27. The number of nitrogens with two attached hydrogens (primary N) is 1. The molecule has 0 fully saturated rings. The fourth-order valence-electron chi connectivity index (χ4n) is 1.39. The lowest BCUT2D eigenvalue weighted by Gasteiger charge is -2.11. The molecule has 0 aromatic heterocycles. The molecule has 1 atom stereocenters. The number of phenolic OH excluding ortho intramolecular Hbond substituents is 2. The van der Waals surface area contributed by atoms with Crippen LogP contribution in [0.15, 0.2) is 12.1 Å². The number of rotatable bonds is 4. The van der Waals surface area contributed by atoms with E-state index in [1.807, 2.05) is 6.92 Å². The van der Waals surface area contributed by atoms with Crippen molar-refractivity contribution in [3.8, 4) is 17.2 Å². The summed E-state index contributed by atoms with van der Waals surface area (Å²) in [5.74, 6) is 0.0647. The van der Waals surface area contributed by atoms with E-state index in [-0.39, 0.29) is 23.3 Å². The average molecular weight is 211 g/mol. The monoisotopic (exact) mass is 211 g/mol. The van der Waals surface area contributed by atoms with Gasteiger partial charge in [-0.25, -0.2) is 0 Å². The van der Waals surface area contributed by atoms with Gasteiger partial charge >= 0.3 is 0 Å². The van der Waals surface area contributed by atoms with Crippen LogP contribution in [0.1, 0.15) is 18.9 Å². The lowest BCUT2D eigenvalue weighted by atomic mass is 10.0. The maximum absolute atomic E-state index is 9.76. The summed E-state index contributed by atoms with van der Waals surface area (Å²) in [6.45, 7) is 1.91. The van der Waals surface area contributed by atoms with Gasteiger partial charge in [0.25, 0.3) is 0 Å². The lowest BCUT2D eigenvalue weighted by molar-refractivity contribution is 0.342. The summed E-state index contributed by atoms with van der Waals surface area (Å²) in [7, 11) is 1.41. The Balaban J connectivity index is 2.90. The van der Waals surface area contributed by atoms with Crippen LogP contribution in [0.2, 0.25) is 0 Å². The van der Waals surface area contributed by atoms with Crippen LogP contribution >= 0.6 is 0 Å². The van der Waals surface area contributed by atoms with Gasteiger partial charge in [0, 0.05) is 6.04 Å². The Labute approximate surface area is 89.3 Å². The minimum atomic E-state index is -0.0560. The van der Waals surface area contributed by atoms with E-state index in [2.05, 4.69) is 0 Å². The predicted molar refractivity (Wildman–Crippen MR) is 58.3 cm³/mol. The molecule has 0 amide bonds. The van der Waals surface area contributed by atoms with Gasteiger partial charge in [0.15, 0.2) is 11.5 Å². The molecule has 0 aliphatic heterocycles. The number of methoxy groups -OCH3 is 1. The van der Waals surface area contributed by atoms with Crippen molar-refractivity contribution in [1.82, 2.24) is 0 Å². The molecule has 0 aliphatic carbocycles. The summed E-state index contributed by atoms with van der Waals surface area (Å²) >= 11 is 0. The second kappa shape index (κ2) is 4.89. The normalized spacial score (nSPS) is 12.5. The second-order valence-electron chi connectivity index (χ2n) is 3.64. The Morgan fingerprint density at radius 3 is 2.60 bits per heavy atom. The maximum Gasteiger partial charge on any atom is 0.203 e. The molecule has 4 N–H and O–H groups in total. The minimum absolute atomic E-state index is 0.00171. The first-order chi connectivity index (χ1) is 7.06. The van der Waals surface area contributed by atoms with E-state index in [1.54, 1.807) is 6.07 Å². The van der Waals surface area contributed by atoms with Gasteiger partial charge in [-0.2, -0.15) is 0 Å². The zero-order chi connectivity index (χ0) is 11.4. The van der Waals surface area contributed by atoms with Crippen molar-refractivity contribution < 1.29 is 14.9 Å². The zero-order valence-electron chi connectivity index (χ0n) is 9.03. The topological polar surface area (TPSA) is 75.7 Å². The molecule has 4 heteroatoms. The van der Waals surface area contributed by atoms with Gasteiger partial charge in [-0.15, -0.1) is 0 Å². The maximum atomic E-state index is 9.76.